The van der Waals surface area contributed by atoms with Crippen LogP contribution in [0.4, 0.5) is 5.69 Å². The quantitative estimate of drug-likeness (QED) is 0.763. The van der Waals surface area contributed by atoms with Crippen LogP contribution in [0.15, 0.2) is 18.3 Å². The molecule has 0 saturated carbocycles. The van der Waals surface area contributed by atoms with E-state index in [2.05, 4.69) is 19.9 Å². The number of ether oxygens (including phenoxy) is 1. The Hall–Kier alpha value is -1.62. The van der Waals surface area contributed by atoms with Crippen LogP contribution in [0.1, 0.15) is 16.9 Å². The van der Waals surface area contributed by atoms with Gasteiger partial charge in [-0.15, -0.1) is 0 Å². The Morgan fingerprint density at radius 2 is 2.35 bits per heavy atom. The second kappa shape index (κ2) is 5.63. The number of carbonyl (C=O) groups excluding carboxylic acids is 1. The average molecular weight is 235 g/mol. The number of rotatable bonds is 2. The molecule has 0 aromatic carbocycles. The zero-order chi connectivity index (χ0) is 12.1. The van der Waals surface area contributed by atoms with E-state index in [0.717, 1.165) is 38.3 Å². The van der Waals surface area contributed by atoms with E-state index >= 15 is 0 Å². The van der Waals surface area contributed by atoms with Crippen LogP contribution in [0.2, 0.25) is 0 Å². The van der Waals surface area contributed by atoms with Gasteiger partial charge in [-0.25, -0.2) is 9.78 Å². The lowest BCUT2D eigenvalue weighted by atomic mass is 10.2. The summed E-state index contributed by atoms with van der Waals surface area (Å²) >= 11 is 0. The molecular formula is C12H17N3O2. The first-order valence-electron chi connectivity index (χ1n) is 5.81. The molecule has 1 aromatic heterocycles. The largest absolute Gasteiger partial charge is 0.464 e. The van der Waals surface area contributed by atoms with Gasteiger partial charge in [-0.3, -0.25) is 0 Å². The van der Waals surface area contributed by atoms with E-state index in [1.54, 1.807) is 12.3 Å². The van der Waals surface area contributed by atoms with Crippen LogP contribution < -0.4 is 10.2 Å². The molecule has 1 aliphatic rings. The van der Waals surface area contributed by atoms with Crippen LogP contribution >= 0.6 is 0 Å². The fourth-order valence-electron chi connectivity index (χ4n) is 1.94. The lowest BCUT2D eigenvalue weighted by Gasteiger charge is -2.22. The number of nitrogens with zero attached hydrogens (tertiary/aromatic N) is 2. The van der Waals surface area contributed by atoms with Gasteiger partial charge in [0.1, 0.15) is 5.69 Å². The number of anilines is 1. The minimum atomic E-state index is -0.389. The first-order chi connectivity index (χ1) is 8.31. The van der Waals surface area contributed by atoms with Crippen molar-refractivity contribution < 1.29 is 9.53 Å². The van der Waals surface area contributed by atoms with Gasteiger partial charge in [-0.05, 0) is 25.1 Å². The Balaban J connectivity index is 2.16. The molecule has 1 aromatic rings. The molecule has 1 N–H and O–H groups in total. The monoisotopic (exact) mass is 235 g/mol. The van der Waals surface area contributed by atoms with E-state index in [1.165, 1.54) is 7.11 Å². The van der Waals surface area contributed by atoms with Crippen molar-refractivity contribution in [2.45, 2.75) is 6.42 Å². The maximum atomic E-state index is 11.4. The molecule has 0 unspecified atom stereocenters. The number of hydrogen-bond donors (Lipinski definition) is 1. The number of pyridine rings is 1. The van der Waals surface area contributed by atoms with E-state index in [-0.39, 0.29) is 5.97 Å². The fraction of sp³-hybridized carbons (Fsp3) is 0.500. The molecule has 1 saturated heterocycles. The van der Waals surface area contributed by atoms with Gasteiger partial charge in [-0.2, -0.15) is 0 Å². The highest BCUT2D eigenvalue weighted by molar-refractivity contribution is 5.88. The van der Waals surface area contributed by atoms with Gasteiger partial charge in [0, 0.05) is 31.5 Å². The van der Waals surface area contributed by atoms with E-state index in [0.29, 0.717) is 5.69 Å². The van der Waals surface area contributed by atoms with Crippen molar-refractivity contribution in [1.82, 2.24) is 10.3 Å². The lowest BCUT2D eigenvalue weighted by molar-refractivity contribution is 0.0594. The van der Waals surface area contributed by atoms with Gasteiger partial charge < -0.3 is 15.0 Å². The topological polar surface area (TPSA) is 54.5 Å². The third-order valence-electron chi connectivity index (χ3n) is 2.84. The zero-order valence-corrected chi connectivity index (χ0v) is 9.98. The van der Waals surface area contributed by atoms with Crippen molar-refractivity contribution in [2.24, 2.45) is 0 Å². The Bertz CT molecular complexity index is 387. The smallest absolute Gasteiger partial charge is 0.356 e. The van der Waals surface area contributed by atoms with E-state index in [9.17, 15) is 4.79 Å². The van der Waals surface area contributed by atoms with E-state index in [4.69, 9.17) is 0 Å². The Morgan fingerprint density at radius 3 is 3.18 bits per heavy atom. The SMILES string of the molecule is COC(=O)c1cc(N2CCCNCC2)ccn1. The molecule has 92 valence electrons. The molecule has 0 bridgehead atoms. The number of aromatic nitrogens is 1. The molecule has 2 heterocycles. The van der Waals surface area contributed by atoms with Crippen LogP contribution in [0.5, 0.6) is 0 Å². The van der Waals surface area contributed by atoms with Crippen LogP contribution in [0, 0.1) is 0 Å². The average Bonchev–Trinajstić information content (AvgIpc) is 2.67. The van der Waals surface area contributed by atoms with E-state index < -0.39 is 0 Å². The molecule has 1 fully saturated rings. The zero-order valence-electron chi connectivity index (χ0n) is 9.98. The van der Waals surface area contributed by atoms with Gasteiger partial charge in [-0.1, -0.05) is 0 Å². The minimum absolute atomic E-state index is 0.363. The Morgan fingerprint density at radius 1 is 1.47 bits per heavy atom. The van der Waals surface area contributed by atoms with Crippen LogP contribution in [0.25, 0.3) is 0 Å². The van der Waals surface area contributed by atoms with E-state index in [1.807, 2.05) is 6.07 Å². The summed E-state index contributed by atoms with van der Waals surface area (Å²) in [6.07, 6.45) is 2.76. The molecule has 5 nitrogen and oxygen atoms in total. The minimum Gasteiger partial charge on any atom is -0.464 e. The first-order valence-corrected chi connectivity index (χ1v) is 5.81. The highest BCUT2D eigenvalue weighted by Crippen LogP contribution is 2.15. The van der Waals surface area contributed by atoms with Gasteiger partial charge in [0.2, 0.25) is 0 Å². The predicted molar refractivity (Wildman–Crippen MR) is 65.3 cm³/mol. The summed E-state index contributed by atoms with van der Waals surface area (Å²) in [5.41, 5.74) is 1.39. The van der Waals surface area contributed by atoms with Gasteiger partial charge in [0.05, 0.1) is 7.11 Å². The van der Waals surface area contributed by atoms with Crippen molar-refractivity contribution in [3.63, 3.8) is 0 Å². The van der Waals surface area contributed by atoms with Gasteiger partial charge >= 0.3 is 5.97 Å². The van der Waals surface area contributed by atoms with Gasteiger partial charge in [0.15, 0.2) is 0 Å². The molecule has 1 aliphatic heterocycles. The predicted octanol–water partition coefficient (Wildman–Crippen LogP) is 0.668. The second-order valence-corrected chi connectivity index (χ2v) is 3.98. The molecule has 2 rings (SSSR count). The molecule has 0 spiro atoms. The normalized spacial score (nSPS) is 16.4. The molecule has 0 aliphatic carbocycles. The molecule has 0 atom stereocenters. The van der Waals surface area contributed by atoms with Gasteiger partial charge in [0.25, 0.3) is 0 Å². The molecule has 0 radical (unpaired) electrons. The second-order valence-electron chi connectivity index (χ2n) is 3.98. The Labute approximate surface area is 101 Å². The summed E-state index contributed by atoms with van der Waals surface area (Å²) in [7, 11) is 1.37. The number of hydrogen-bond acceptors (Lipinski definition) is 5. The summed E-state index contributed by atoms with van der Waals surface area (Å²) in [6, 6.07) is 3.72. The van der Waals surface area contributed by atoms with Crippen LogP contribution in [0.3, 0.4) is 0 Å². The molecule has 0 amide bonds. The summed E-state index contributed by atoms with van der Waals surface area (Å²) in [6.45, 7) is 3.96. The number of carbonyl (C=O) groups is 1. The van der Waals surface area contributed by atoms with Crippen molar-refractivity contribution in [3.8, 4) is 0 Å². The third kappa shape index (κ3) is 2.94. The summed E-state index contributed by atoms with van der Waals surface area (Å²) in [4.78, 5) is 17.7. The molecule has 17 heavy (non-hydrogen) atoms. The van der Waals surface area contributed by atoms with Crippen molar-refractivity contribution in [2.75, 3.05) is 38.2 Å². The van der Waals surface area contributed by atoms with Crippen molar-refractivity contribution in [3.05, 3.63) is 24.0 Å². The van der Waals surface area contributed by atoms with Crippen molar-refractivity contribution in [1.29, 1.82) is 0 Å². The third-order valence-corrected chi connectivity index (χ3v) is 2.84. The molecule has 5 heteroatoms. The number of esters is 1. The standard InChI is InChI=1S/C12H17N3O2/c1-17-12(16)11-9-10(3-5-14-11)15-7-2-4-13-6-8-15/h3,5,9,13H,2,4,6-8H2,1H3. The maximum absolute atomic E-state index is 11.4. The maximum Gasteiger partial charge on any atom is 0.356 e. The number of nitrogens with one attached hydrogen (secondary N) is 1. The van der Waals surface area contributed by atoms with Crippen LogP contribution in [-0.2, 0) is 4.74 Å². The summed E-state index contributed by atoms with van der Waals surface area (Å²) in [5.74, 6) is -0.389. The van der Waals surface area contributed by atoms with Crippen molar-refractivity contribution >= 4 is 11.7 Å². The number of methoxy groups -OCH3 is 1. The summed E-state index contributed by atoms with van der Waals surface area (Å²) < 4.78 is 4.67. The van der Waals surface area contributed by atoms with Crippen LogP contribution in [-0.4, -0.2) is 44.2 Å². The fourth-order valence-corrected chi connectivity index (χ4v) is 1.94. The highest BCUT2D eigenvalue weighted by Gasteiger charge is 2.13. The lowest BCUT2D eigenvalue weighted by Crippen LogP contribution is -2.28. The highest BCUT2D eigenvalue weighted by atomic mass is 16.5. The molecular weight excluding hydrogens is 218 g/mol. The summed E-state index contributed by atoms with van der Waals surface area (Å²) in [5, 5.41) is 3.35. The Kier molecular flexibility index (Phi) is 3.93. The first kappa shape index (κ1) is 11.9.